The highest BCUT2D eigenvalue weighted by atomic mass is 32.1. The lowest BCUT2D eigenvalue weighted by Crippen LogP contribution is -2.21. The van der Waals surface area contributed by atoms with Crippen LogP contribution < -0.4 is 19.5 Å². The summed E-state index contributed by atoms with van der Waals surface area (Å²) in [5.41, 5.74) is 1.70. The molecule has 2 aromatic carbocycles. The largest absolute Gasteiger partial charge is 0.497 e. The molecule has 1 aromatic heterocycles. The van der Waals surface area contributed by atoms with Crippen molar-refractivity contribution in [1.29, 1.82) is 0 Å². The smallest absolute Gasteiger partial charge is 0.341 e. The Bertz CT molecular complexity index is 1200. The minimum absolute atomic E-state index is 0.160. The average molecular weight is 500 g/mol. The summed E-state index contributed by atoms with van der Waals surface area (Å²) in [6.45, 7) is 1.32. The molecule has 0 aliphatic heterocycles. The second-order valence-corrected chi connectivity index (χ2v) is 7.88. The molecule has 0 aliphatic rings. The summed E-state index contributed by atoms with van der Waals surface area (Å²) >= 11 is 1.15. The Hall–Kier alpha value is -4.05. The Morgan fingerprint density at radius 3 is 2.20 bits per heavy atom. The van der Waals surface area contributed by atoms with Crippen LogP contribution in [0.3, 0.4) is 0 Å². The number of esters is 2. The minimum atomic E-state index is -0.661. The Balaban J connectivity index is 1.78. The van der Waals surface area contributed by atoms with E-state index in [4.69, 9.17) is 23.7 Å². The van der Waals surface area contributed by atoms with Crippen molar-refractivity contribution in [2.75, 3.05) is 39.9 Å². The van der Waals surface area contributed by atoms with E-state index in [9.17, 15) is 14.4 Å². The average Bonchev–Trinajstić information content (AvgIpc) is 3.30. The molecule has 0 unspecified atom stereocenters. The quantitative estimate of drug-likeness (QED) is 0.409. The number of nitrogens with one attached hydrogen (secondary N) is 1. The zero-order valence-corrected chi connectivity index (χ0v) is 20.5. The van der Waals surface area contributed by atoms with Crippen molar-refractivity contribution in [2.24, 2.45) is 0 Å². The van der Waals surface area contributed by atoms with Gasteiger partial charge in [-0.1, -0.05) is 6.07 Å². The first kappa shape index (κ1) is 25.6. The lowest BCUT2D eigenvalue weighted by atomic mass is 10.0. The van der Waals surface area contributed by atoms with Gasteiger partial charge in [0.15, 0.2) is 18.1 Å². The molecule has 35 heavy (non-hydrogen) atoms. The summed E-state index contributed by atoms with van der Waals surface area (Å²) in [4.78, 5) is 37.5. The molecule has 0 radical (unpaired) electrons. The van der Waals surface area contributed by atoms with Crippen LogP contribution in [0.5, 0.6) is 17.2 Å². The molecule has 10 heteroatoms. The third-order valence-corrected chi connectivity index (χ3v) is 5.77. The van der Waals surface area contributed by atoms with E-state index in [0.29, 0.717) is 28.4 Å². The predicted molar refractivity (Wildman–Crippen MR) is 131 cm³/mol. The highest BCUT2D eigenvalue weighted by molar-refractivity contribution is 7.15. The molecule has 0 atom stereocenters. The van der Waals surface area contributed by atoms with Crippen molar-refractivity contribution < 1.29 is 38.1 Å². The summed E-state index contributed by atoms with van der Waals surface area (Å²) in [6.07, 6.45) is 0. The van der Waals surface area contributed by atoms with Crippen molar-refractivity contribution in [3.63, 3.8) is 0 Å². The molecule has 0 aliphatic carbocycles. The van der Waals surface area contributed by atoms with E-state index in [1.54, 1.807) is 42.6 Å². The van der Waals surface area contributed by atoms with Gasteiger partial charge in [0.25, 0.3) is 5.91 Å². The molecule has 0 saturated carbocycles. The van der Waals surface area contributed by atoms with Crippen LogP contribution in [-0.4, -0.2) is 52.4 Å². The van der Waals surface area contributed by atoms with E-state index in [1.165, 1.54) is 33.5 Å². The van der Waals surface area contributed by atoms with Gasteiger partial charge in [-0.15, -0.1) is 11.3 Å². The summed E-state index contributed by atoms with van der Waals surface area (Å²) < 4.78 is 26.0. The topological polar surface area (TPSA) is 109 Å². The third kappa shape index (κ3) is 6.10. The van der Waals surface area contributed by atoms with Gasteiger partial charge in [0, 0.05) is 10.9 Å². The monoisotopic (exact) mass is 499 g/mol. The normalized spacial score (nSPS) is 10.3. The number of hydrogen-bond donors (Lipinski definition) is 1. The van der Waals surface area contributed by atoms with Crippen LogP contribution in [0.1, 0.15) is 27.6 Å². The number of ether oxygens (including phenoxy) is 5. The lowest BCUT2D eigenvalue weighted by Gasteiger charge is -2.11. The van der Waals surface area contributed by atoms with Gasteiger partial charge in [0.2, 0.25) is 0 Å². The Labute approximate surface area is 206 Å². The van der Waals surface area contributed by atoms with Gasteiger partial charge in [-0.05, 0) is 48.9 Å². The lowest BCUT2D eigenvalue weighted by molar-refractivity contribution is -0.119. The van der Waals surface area contributed by atoms with Gasteiger partial charge in [0.1, 0.15) is 16.3 Å². The highest BCUT2D eigenvalue weighted by Crippen LogP contribution is 2.39. The van der Waals surface area contributed by atoms with E-state index >= 15 is 0 Å². The van der Waals surface area contributed by atoms with Gasteiger partial charge >= 0.3 is 11.9 Å². The van der Waals surface area contributed by atoms with Crippen molar-refractivity contribution in [3.8, 4) is 28.4 Å². The molecule has 1 amide bonds. The molecular formula is C25H25NO8S. The first-order valence-electron chi connectivity index (χ1n) is 10.5. The maximum atomic E-state index is 12.8. The number of carbonyl (C=O) groups excluding carboxylic acids is 3. The summed E-state index contributed by atoms with van der Waals surface area (Å²) in [6, 6.07) is 11.5. The predicted octanol–water partition coefficient (Wildman–Crippen LogP) is 4.41. The van der Waals surface area contributed by atoms with E-state index in [0.717, 1.165) is 11.3 Å². The number of carbonyl (C=O) groups is 3. The number of benzene rings is 2. The molecule has 3 rings (SSSR count). The van der Waals surface area contributed by atoms with Crippen LogP contribution in [0.25, 0.3) is 11.1 Å². The van der Waals surface area contributed by atoms with Crippen LogP contribution in [0, 0.1) is 0 Å². The van der Waals surface area contributed by atoms with Crippen LogP contribution in [0.4, 0.5) is 5.00 Å². The zero-order valence-electron chi connectivity index (χ0n) is 19.7. The molecule has 1 heterocycles. The molecule has 184 valence electrons. The third-order valence-electron chi connectivity index (χ3n) is 4.88. The maximum Gasteiger partial charge on any atom is 0.341 e. The Morgan fingerprint density at radius 1 is 0.857 bits per heavy atom. The summed E-state index contributed by atoms with van der Waals surface area (Å²) in [5, 5.41) is 4.65. The zero-order chi connectivity index (χ0) is 25.4. The van der Waals surface area contributed by atoms with E-state index in [1.807, 2.05) is 0 Å². The number of rotatable bonds is 10. The summed E-state index contributed by atoms with van der Waals surface area (Å²) in [7, 11) is 4.56. The van der Waals surface area contributed by atoms with Crippen LogP contribution in [0.2, 0.25) is 0 Å². The van der Waals surface area contributed by atoms with Crippen molar-refractivity contribution >= 4 is 34.2 Å². The fourth-order valence-corrected chi connectivity index (χ4v) is 4.15. The van der Waals surface area contributed by atoms with Gasteiger partial charge in [0.05, 0.1) is 33.5 Å². The molecule has 3 aromatic rings. The molecular weight excluding hydrogens is 474 g/mol. The number of methoxy groups -OCH3 is 3. The first-order chi connectivity index (χ1) is 16.9. The van der Waals surface area contributed by atoms with Crippen molar-refractivity contribution in [1.82, 2.24) is 0 Å². The Morgan fingerprint density at radius 2 is 1.57 bits per heavy atom. The van der Waals surface area contributed by atoms with Crippen molar-refractivity contribution in [2.45, 2.75) is 6.92 Å². The number of amides is 1. The van der Waals surface area contributed by atoms with Gasteiger partial charge < -0.3 is 29.0 Å². The van der Waals surface area contributed by atoms with Crippen LogP contribution in [0.15, 0.2) is 47.8 Å². The minimum Gasteiger partial charge on any atom is -0.497 e. The SMILES string of the molecule is CCOC(=O)c1c(-c2ccc(OC)c(OC)c2)csc1NC(=O)COC(=O)c1ccc(OC)cc1. The number of hydrogen-bond acceptors (Lipinski definition) is 9. The fraction of sp³-hybridized carbons (Fsp3) is 0.240. The van der Waals surface area contributed by atoms with Crippen LogP contribution >= 0.6 is 11.3 Å². The highest BCUT2D eigenvalue weighted by Gasteiger charge is 2.24. The molecule has 0 saturated heterocycles. The van der Waals surface area contributed by atoms with Crippen LogP contribution in [-0.2, 0) is 14.3 Å². The second kappa shape index (κ2) is 11.9. The van der Waals surface area contributed by atoms with E-state index < -0.39 is 24.5 Å². The molecule has 0 spiro atoms. The fourth-order valence-electron chi connectivity index (χ4n) is 3.18. The molecule has 9 nitrogen and oxygen atoms in total. The van der Waals surface area contributed by atoms with E-state index in [-0.39, 0.29) is 22.7 Å². The Kier molecular flexibility index (Phi) is 8.69. The van der Waals surface area contributed by atoms with Crippen molar-refractivity contribution in [3.05, 3.63) is 59.0 Å². The van der Waals surface area contributed by atoms with Gasteiger partial charge in [-0.2, -0.15) is 0 Å². The number of anilines is 1. The summed E-state index contributed by atoms with van der Waals surface area (Å²) in [5.74, 6) is -0.236. The van der Waals surface area contributed by atoms with Gasteiger partial charge in [-0.3, -0.25) is 4.79 Å². The second-order valence-electron chi connectivity index (χ2n) is 7.00. The maximum absolute atomic E-state index is 12.8. The van der Waals surface area contributed by atoms with Gasteiger partial charge in [-0.25, -0.2) is 9.59 Å². The van der Waals surface area contributed by atoms with E-state index in [2.05, 4.69) is 5.32 Å². The number of thiophene rings is 1. The first-order valence-corrected chi connectivity index (χ1v) is 11.4. The molecule has 1 N–H and O–H groups in total. The standard InChI is InChI=1S/C25H25NO8S/c1-5-33-25(29)22-18(16-8-11-19(31-3)20(12-16)32-4)14-35-23(22)26-21(27)13-34-24(28)15-6-9-17(30-2)10-7-15/h6-12,14H,5,13H2,1-4H3,(H,26,27). The molecule has 0 fully saturated rings. The molecule has 0 bridgehead atoms.